The van der Waals surface area contributed by atoms with E-state index in [2.05, 4.69) is 4.98 Å². The molecule has 5 heteroatoms. The highest BCUT2D eigenvalue weighted by Crippen LogP contribution is 2.07. The number of aromatic amines is 1. The summed E-state index contributed by atoms with van der Waals surface area (Å²) in [6.07, 6.45) is 3.06. The minimum Gasteiger partial charge on any atom is -0.481 e. The molecule has 2 rings (SSSR count). The van der Waals surface area contributed by atoms with Gasteiger partial charge in [-0.15, -0.1) is 0 Å². The first-order chi connectivity index (χ1) is 8.08. The highest BCUT2D eigenvalue weighted by Gasteiger charge is 2.05. The van der Waals surface area contributed by atoms with Crippen molar-refractivity contribution < 1.29 is 9.90 Å². The zero-order valence-electron chi connectivity index (χ0n) is 9.56. The Hall–Kier alpha value is -2.04. The average molecular weight is 234 g/mol. The number of nitrogens with one attached hydrogen (secondary N) is 1. The lowest BCUT2D eigenvalue weighted by molar-refractivity contribution is -0.137. The minimum atomic E-state index is -0.814. The Bertz CT molecular complexity index is 610. The van der Waals surface area contributed by atoms with E-state index in [-0.39, 0.29) is 12.0 Å². The molecule has 0 spiro atoms. The van der Waals surface area contributed by atoms with E-state index in [1.165, 1.54) is 0 Å². The smallest absolute Gasteiger partial charge is 0.303 e. The zero-order chi connectivity index (χ0) is 12.4. The summed E-state index contributed by atoms with van der Waals surface area (Å²) >= 11 is 0. The first-order valence-electron chi connectivity index (χ1n) is 5.49. The van der Waals surface area contributed by atoms with Crippen molar-refractivity contribution in [1.29, 1.82) is 0 Å². The fraction of sp³-hybridized carbons (Fsp3) is 0.333. The van der Waals surface area contributed by atoms with E-state index in [0.29, 0.717) is 18.4 Å². The Morgan fingerprint density at radius 1 is 1.47 bits per heavy atom. The number of aryl methyl sites for hydroxylation is 2. The maximum absolute atomic E-state index is 11.7. The Morgan fingerprint density at radius 3 is 2.94 bits per heavy atom. The number of aromatic nitrogens is 2. The molecule has 0 aliphatic heterocycles. The number of rotatable bonds is 4. The topological polar surface area (TPSA) is 74.6 Å². The largest absolute Gasteiger partial charge is 0.481 e. The fourth-order valence-electron chi connectivity index (χ4n) is 1.86. The van der Waals surface area contributed by atoms with Crippen LogP contribution in [0.3, 0.4) is 0 Å². The van der Waals surface area contributed by atoms with Gasteiger partial charge in [-0.1, -0.05) is 0 Å². The van der Waals surface area contributed by atoms with Crippen LogP contribution < -0.4 is 5.56 Å². The molecule has 17 heavy (non-hydrogen) atoms. The summed E-state index contributed by atoms with van der Waals surface area (Å²) in [6.45, 7) is 1.92. The van der Waals surface area contributed by atoms with E-state index in [4.69, 9.17) is 5.11 Å². The molecule has 2 aromatic rings. The molecular weight excluding hydrogens is 220 g/mol. The molecule has 90 valence electrons. The third-order valence-electron chi connectivity index (χ3n) is 2.75. The predicted molar refractivity (Wildman–Crippen MR) is 63.3 cm³/mol. The second-order valence-corrected chi connectivity index (χ2v) is 4.09. The molecule has 2 N–H and O–H groups in total. The third kappa shape index (κ3) is 2.38. The van der Waals surface area contributed by atoms with Gasteiger partial charge in [0.15, 0.2) is 0 Å². The summed E-state index contributed by atoms with van der Waals surface area (Å²) in [5.41, 5.74) is 2.24. The van der Waals surface area contributed by atoms with Crippen LogP contribution in [0.4, 0.5) is 0 Å². The summed E-state index contributed by atoms with van der Waals surface area (Å²) in [4.78, 5) is 24.9. The maximum Gasteiger partial charge on any atom is 0.303 e. The second kappa shape index (κ2) is 4.45. The second-order valence-electron chi connectivity index (χ2n) is 4.09. The van der Waals surface area contributed by atoms with Gasteiger partial charge in [0.1, 0.15) is 5.52 Å². The van der Waals surface area contributed by atoms with Gasteiger partial charge in [-0.3, -0.25) is 9.59 Å². The SMILES string of the molecule is Cc1ccc2c(=O)[nH]c(CCCC(=O)O)cn12. The molecule has 2 heterocycles. The third-order valence-corrected chi connectivity index (χ3v) is 2.75. The summed E-state index contributed by atoms with van der Waals surface area (Å²) in [5, 5.41) is 8.55. The Kier molecular flexibility index (Phi) is 2.99. The summed E-state index contributed by atoms with van der Waals surface area (Å²) in [6, 6.07) is 3.65. The van der Waals surface area contributed by atoms with E-state index >= 15 is 0 Å². The van der Waals surface area contributed by atoms with Gasteiger partial charge in [-0.05, 0) is 31.9 Å². The van der Waals surface area contributed by atoms with Crippen LogP contribution in [0.1, 0.15) is 24.2 Å². The molecule has 0 aromatic carbocycles. The van der Waals surface area contributed by atoms with E-state index < -0.39 is 5.97 Å². The van der Waals surface area contributed by atoms with Crippen LogP contribution in [0.25, 0.3) is 5.52 Å². The van der Waals surface area contributed by atoms with Gasteiger partial charge in [0.2, 0.25) is 0 Å². The van der Waals surface area contributed by atoms with Crippen molar-refractivity contribution in [3.05, 3.63) is 40.1 Å². The molecule has 0 unspecified atom stereocenters. The van der Waals surface area contributed by atoms with Gasteiger partial charge in [0.05, 0.1) is 0 Å². The van der Waals surface area contributed by atoms with E-state index in [9.17, 15) is 9.59 Å². The number of carbonyl (C=O) groups is 1. The summed E-state index contributed by atoms with van der Waals surface area (Å²) < 4.78 is 1.83. The summed E-state index contributed by atoms with van der Waals surface area (Å²) in [5.74, 6) is -0.814. The maximum atomic E-state index is 11.7. The van der Waals surface area contributed by atoms with Crippen LogP contribution in [0.2, 0.25) is 0 Å². The molecular formula is C12H14N2O3. The van der Waals surface area contributed by atoms with Gasteiger partial charge in [-0.25, -0.2) is 0 Å². The first-order valence-corrected chi connectivity index (χ1v) is 5.49. The molecule has 0 amide bonds. The highest BCUT2D eigenvalue weighted by atomic mass is 16.4. The molecule has 5 nitrogen and oxygen atoms in total. The number of hydrogen-bond donors (Lipinski definition) is 2. The van der Waals surface area contributed by atoms with E-state index in [1.54, 1.807) is 6.07 Å². The molecule has 0 saturated carbocycles. The number of fused-ring (bicyclic) bond motifs is 1. The van der Waals surface area contributed by atoms with Crippen LogP contribution in [-0.4, -0.2) is 20.5 Å². The number of carboxylic acids is 1. The molecule has 0 bridgehead atoms. The van der Waals surface area contributed by atoms with Crippen LogP contribution in [0.15, 0.2) is 23.1 Å². The molecule has 0 saturated heterocycles. The molecule has 2 aromatic heterocycles. The van der Waals surface area contributed by atoms with Crippen molar-refractivity contribution >= 4 is 11.5 Å². The number of nitrogens with zero attached hydrogens (tertiary/aromatic N) is 1. The number of hydrogen-bond acceptors (Lipinski definition) is 2. The van der Waals surface area contributed by atoms with Crippen molar-refractivity contribution in [2.24, 2.45) is 0 Å². The van der Waals surface area contributed by atoms with Gasteiger partial charge >= 0.3 is 5.97 Å². The Balaban J connectivity index is 2.26. The predicted octanol–water partition coefficient (Wildman–Crippen LogP) is 1.34. The lowest BCUT2D eigenvalue weighted by atomic mass is 10.2. The van der Waals surface area contributed by atoms with Crippen LogP contribution in [0.5, 0.6) is 0 Å². The normalized spacial score (nSPS) is 10.9. The van der Waals surface area contributed by atoms with Gasteiger partial charge < -0.3 is 14.5 Å². The van der Waals surface area contributed by atoms with Crippen LogP contribution in [-0.2, 0) is 11.2 Å². The molecule has 0 aliphatic rings. The van der Waals surface area contributed by atoms with Crippen LogP contribution in [0, 0.1) is 6.92 Å². The van der Waals surface area contributed by atoms with Crippen molar-refractivity contribution in [2.45, 2.75) is 26.2 Å². The van der Waals surface area contributed by atoms with Crippen LogP contribution >= 0.6 is 0 Å². The van der Waals surface area contributed by atoms with Gasteiger partial charge in [0.25, 0.3) is 5.56 Å². The Morgan fingerprint density at radius 2 is 2.24 bits per heavy atom. The van der Waals surface area contributed by atoms with E-state index in [1.807, 2.05) is 23.6 Å². The van der Waals surface area contributed by atoms with E-state index in [0.717, 1.165) is 11.4 Å². The van der Waals surface area contributed by atoms with Gasteiger partial charge in [-0.2, -0.15) is 0 Å². The standard InChI is InChI=1S/C12H14N2O3/c1-8-5-6-10-12(17)13-9(7-14(8)10)3-2-4-11(15)16/h5-7H,2-4H2,1H3,(H,13,17)(H,15,16). The summed E-state index contributed by atoms with van der Waals surface area (Å²) in [7, 11) is 0. The monoisotopic (exact) mass is 234 g/mol. The lowest BCUT2D eigenvalue weighted by Crippen LogP contribution is -2.13. The molecule has 0 aliphatic carbocycles. The average Bonchev–Trinajstić information content (AvgIpc) is 2.61. The zero-order valence-corrected chi connectivity index (χ0v) is 9.56. The lowest BCUT2D eigenvalue weighted by Gasteiger charge is -2.03. The Labute approximate surface area is 97.7 Å². The number of aliphatic carboxylic acids is 1. The molecule has 0 fully saturated rings. The molecule has 0 radical (unpaired) electrons. The first kappa shape index (κ1) is 11.4. The van der Waals surface area contributed by atoms with Crippen molar-refractivity contribution in [1.82, 2.24) is 9.38 Å². The highest BCUT2D eigenvalue weighted by molar-refractivity contribution is 5.66. The molecule has 0 atom stereocenters. The minimum absolute atomic E-state index is 0.116. The number of carboxylic acid groups (broad SMARTS) is 1. The quantitative estimate of drug-likeness (QED) is 0.838. The van der Waals surface area contributed by atoms with Gasteiger partial charge in [0, 0.05) is 24.0 Å². The van der Waals surface area contributed by atoms with Crippen molar-refractivity contribution in [2.75, 3.05) is 0 Å². The van der Waals surface area contributed by atoms with Crippen molar-refractivity contribution in [3.63, 3.8) is 0 Å². The fourth-order valence-corrected chi connectivity index (χ4v) is 1.86. The number of H-pyrrole nitrogens is 1. The van der Waals surface area contributed by atoms with Crippen molar-refractivity contribution in [3.8, 4) is 0 Å².